The number of amides is 1. The number of aryl methyl sites for hydroxylation is 1. The Labute approximate surface area is 153 Å². The van der Waals surface area contributed by atoms with Gasteiger partial charge >= 0.3 is 0 Å². The van der Waals surface area contributed by atoms with Crippen LogP contribution in [-0.4, -0.2) is 44.1 Å². The molecule has 1 amide bonds. The molecule has 8 heteroatoms. The average Bonchev–Trinajstić information content (AvgIpc) is 3.06. The number of benzene rings is 1. The fourth-order valence-corrected chi connectivity index (χ4v) is 2.77. The average molecular weight is 362 g/mol. The summed E-state index contributed by atoms with van der Waals surface area (Å²) in [6.45, 7) is 1.90. The molecule has 26 heavy (non-hydrogen) atoms. The van der Waals surface area contributed by atoms with Gasteiger partial charge in [0.2, 0.25) is 11.7 Å². The fourth-order valence-electron chi connectivity index (χ4n) is 2.77. The number of carbonyl (C=O) groups is 1. The van der Waals surface area contributed by atoms with Crippen molar-refractivity contribution in [2.75, 3.05) is 28.4 Å². The minimum absolute atomic E-state index is 0.151. The number of likely N-dealkylation sites (N-methyl/N-ethyl adjacent to an activating group) is 1. The summed E-state index contributed by atoms with van der Waals surface area (Å²) < 4.78 is 17.7. The third-order valence-electron chi connectivity index (χ3n) is 4.15. The smallest absolute Gasteiger partial charge is 0.242 e. The van der Waals surface area contributed by atoms with Gasteiger partial charge in [0.25, 0.3) is 0 Å². The summed E-state index contributed by atoms with van der Waals surface area (Å²) in [6, 6.07) is 2.90. The van der Waals surface area contributed by atoms with Gasteiger partial charge in [0.05, 0.1) is 33.6 Å². The van der Waals surface area contributed by atoms with Gasteiger partial charge in [-0.1, -0.05) is 0 Å². The summed E-state index contributed by atoms with van der Waals surface area (Å²) >= 11 is 0. The molecule has 0 spiro atoms. The van der Waals surface area contributed by atoms with Crippen molar-refractivity contribution in [2.24, 2.45) is 7.05 Å². The number of nitrogens with zero attached hydrogens (tertiary/aromatic N) is 2. The van der Waals surface area contributed by atoms with E-state index in [2.05, 4.69) is 15.7 Å². The number of carbonyl (C=O) groups excluding carboxylic acids is 1. The van der Waals surface area contributed by atoms with E-state index in [1.807, 2.05) is 32.3 Å². The largest absolute Gasteiger partial charge is 0.493 e. The fraction of sp³-hybridized carbons (Fsp3) is 0.444. The van der Waals surface area contributed by atoms with Crippen molar-refractivity contribution in [3.8, 4) is 17.2 Å². The van der Waals surface area contributed by atoms with Crippen molar-refractivity contribution in [1.29, 1.82) is 0 Å². The standard InChI is InChI=1S/C18H26N4O4/c1-11(12-7-14(24-4)17(26-6)15(8-12)25-5)21-18(23)16(19-2)13-9-20-22(3)10-13/h7-11,16,19H,1-6H3,(H,21,23). The topological polar surface area (TPSA) is 86.6 Å². The molecule has 0 aliphatic rings. The zero-order chi connectivity index (χ0) is 19.3. The molecule has 0 fully saturated rings. The molecule has 2 rings (SSSR count). The number of hydrogen-bond acceptors (Lipinski definition) is 6. The lowest BCUT2D eigenvalue weighted by molar-refractivity contribution is -0.123. The molecule has 0 aliphatic carbocycles. The summed E-state index contributed by atoms with van der Waals surface area (Å²) in [4.78, 5) is 12.7. The van der Waals surface area contributed by atoms with Gasteiger partial charge in [-0.2, -0.15) is 5.10 Å². The van der Waals surface area contributed by atoms with Crippen LogP contribution in [0.25, 0.3) is 0 Å². The predicted octanol–water partition coefficient (Wildman–Crippen LogP) is 1.58. The highest BCUT2D eigenvalue weighted by Crippen LogP contribution is 2.39. The van der Waals surface area contributed by atoms with Crippen molar-refractivity contribution in [2.45, 2.75) is 19.0 Å². The summed E-state index contributed by atoms with van der Waals surface area (Å²) in [5, 5.41) is 10.1. The molecule has 2 atom stereocenters. The summed E-state index contributed by atoms with van der Waals surface area (Å²) in [7, 11) is 8.22. The van der Waals surface area contributed by atoms with Crippen LogP contribution in [0.2, 0.25) is 0 Å². The summed E-state index contributed by atoms with van der Waals surface area (Å²) in [6.07, 6.45) is 3.48. The first-order valence-electron chi connectivity index (χ1n) is 8.21. The predicted molar refractivity (Wildman–Crippen MR) is 97.7 cm³/mol. The Kier molecular flexibility index (Phi) is 6.46. The van der Waals surface area contributed by atoms with Crippen LogP contribution in [0.3, 0.4) is 0 Å². The lowest BCUT2D eigenvalue weighted by Crippen LogP contribution is -2.37. The second-order valence-corrected chi connectivity index (χ2v) is 5.86. The number of ether oxygens (including phenoxy) is 3. The third-order valence-corrected chi connectivity index (χ3v) is 4.15. The molecule has 0 saturated heterocycles. The maximum absolute atomic E-state index is 12.7. The van der Waals surface area contributed by atoms with Gasteiger partial charge in [0.1, 0.15) is 6.04 Å². The lowest BCUT2D eigenvalue weighted by atomic mass is 10.1. The monoisotopic (exact) mass is 362 g/mol. The van der Waals surface area contributed by atoms with E-state index in [4.69, 9.17) is 14.2 Å². The Morgan fingerprint density at radius 1 is 1.12 bits per heavy atom. The second-order valence-electron chi connectivity index (χ2n) is 5.86. The van der Waals surface area contributed by atoms with E-state index in [0.29, 0.717) is 17.2 Å². The maximum Gasteiger partial charge on any atom is 0.242 e. The van der Waals surface area contributed by atoms with Gasteiger partial charge in [-0.15, -0.1) is 0 Å². The number of methoxy groups -OCH3 is 3. The van der Waals surface area contributed by atoms with Gasteiger partial charge in [-0.25, -0.2) is 0 Å². The molecule has 1 heterocycles. The van der Waals surface area contributed by atoms with Crippen molar-refractivity contribution in [3.05, 3.63) is 35.7 Å². The minimum Gasteiger partial charge on any atom is -0.493 e. The van der Waals surface area contributed by atoms with Crippen LogP contribution in [-0.2, 0) is 11.8 Å². The summed E-state index contributed by atoms with van der Waals surface area (Å²) in [5.74, 6) is 1.45. The first-order valence-corrected chi connectivity index (χ1v) is 8.21. The molecule has 0 saturated carbocycles. The minimum atomic E-state index is -0.492. The van der Waals surface area contributed by atoms with E-state index in [-0.39, 0.29) is 11.9 Å². The Hall–Kier alpha value is -2.74. The molecule has 2 unspecified atom stereocenters. The van der Waals surface area contributed by atoms with Gasteiger partial charge in [-0.05, 0) is 31.7 Å². The lowest BCUT2D eigenvalue weighted by Gasteiger charge is -2.21. The Morgan fingerprint density at radius 3 is 2.15 bits per heavy atom. The van der Waals surface area contributed by atoms with Crippen molar-refractivity contribution >= 4 is 5.91 Å². The third kappa shape index (κ3) is 4.08. The normalized spacial score (nSPS) is 13.0. The van der Waals surface area contributed by atoms with Crippen LogP contribution < -0.4 is 24.8 Å². The van der Waals surface area contributed by atoms with Crippen LogP contribution in [0.5, 0.6) is 17.2 Å². The van der Waals surface area contributed by atoms with E-state index < -0.39 is 6.04 Å². The quantitative estimate of drug-likeness (QED) is 0.742. The molecule has 1 aromatic carbocycles. The van der Waals surface area contributed by atoms with Crippen molar-refractivity contribution < 1.29 is 19.0 Å². The first kappa shape index (κ1) is 19.6. The van der Waals surface area contributed by atoms with Crippen LogP contribution in [0.4, 0.5) is 0 Å². The van der Waals surface area contributed by atoms with E-state index >= 15 is 0 Å². The van der Waals surface area contributed by atoms with E-state index in [9.17, 15) is 4.79 Å². The molecule has 142 valence electrons. The van der Waals surface area contributed by atoms with Gasteiger partial charge < -0.3 is 24.8 Å². The first-order chi connectivity index (χ1) is 12.4. The Morgan fingerprint density at radius 2 is 1.73 bits per heavy atom. The zero-order valence-corrected chi connectivity index (χ0v) is 16.0. The van der Waals surface area contributed by atoms with E-state index in [0.717, 1.165) is 11.1 Å². The van der Waals surface area contributed by atoms with Gasteiger partial charge in [0.15, 0.2) is 11.5 Å². The molecule has 0 bridgehead atoms. The van der Waals surface area contributed by atoms with Crippen LogP contribution in [0.1, 0.15) is 30.1 Å². The van der Waals surface area contributed by atoms with E-state index in [1.54, 1.807) is 39.3 Å². The summed E-state index contributed by atoms with van der Waals surface area (Å²) in [5.41, 5.74) is 1.64. The Bertz CT molecular complexity index is 734. The highest BCUT2D eigenvalue weighted by atomic mass is 16.5. The van der Waals surface area contributed by atoms with Crippen molar-refractivity contribution in [3.63, 3.8) is 0 Å². The molecule has 2 aromatic rings. The number of hydrogen-bond donors (Lipinski definition) is 2. The Balaban J connectivity index is 2.23. The molecule has 0 radical (unpaired) electrons. The van der Waals surface area contributed by atoms with Gasteiger partial charge in [-0.3, -0.25) is 9.48 Å². The SMILES string of the molecule is CNC(C(=O)NC(C)c1cc(OC)c(OC)c(OC)c1)c1cnn(C)c1. The highest BCUT2D eigenvalue weighted by molar-refractivity contribution is 5.83. The van der Waals surface area contributed by atoms with Crippen LogP contribution >= 0.6 is 0 Å². The highest BCUT2D eigenvalue weighted by Gasteiger charge is 2.23. The van der Waals surface area contributed by atoms with Crippen molar-refractivity contribution in [1.82, 2.24) is 20.4 Å². The van der Waals surface area contributed by atoms with Crippen LogP contribution in [0, 0.1) is 0 Å². The molecule has 8 nitrogen and oxygen atoms in total. The second kappa shape index (κ2) is 8.57. The molecule has 1 aromatic heterocycles. The molecular formula is C18H26N4O4. The maximum atomic E-state index is 12.7. The molecular weight excluding hydrogens is 336 g/mol. The van der Waals surface area contributed by atoms with Gasteiger partial charge in [0, 0.05) is 18.8 Å². The number of aromatic nitrogens is 2. The molecule has 2 N–H and O–H groups in total. The number of rotatable bonds is 8. The molecule has 0 aliphatic heterocycles. The van der Waals surface area contributed by atoms with Crippen LogP contribution in [0.15, 0.2) is 24.5 Å². The number of nitrogens with one attached hydrogen (secondary N) is 2. The van der Waals surface area contributed by atoms with E-state index in [1.165, 1.54) is 0 Å². The zero-order valence-electron chi connectivity index (χ0n) is 16.0.